The Hall–Kier alpha value is -0.410. The molecule has 0 saturated heterocycles. The molecule has 1 aromatic rings. The number of hydrogen-bond donors (Lipinski definition) is 2. The van der Waals surface area contributed by atoms with Crippen molar-refractivity contribution in [1.82, 2.24) is 15.6 Å². The Balaban J connectivity index is 0.00000243. The first kappa shape index (κ1) is 21.9. The summed E-state index contributed by atoms with van der Waals surface area (Å²) in [5.74, 6) is 1.39. The zero-order valence-corrected chi connectivity index (χ0v) is 19.5. The molecule has 2 atom stereocenters. The summed E-state index contributed by atoms with van der Waals surface area (Å²) in [6.45, 7) is 10.9. The van der Waals surface area contributed by atoms with Crippen molar-refractivity contribution in [3.05, 3.63) is 16.1 Å². The van der Waals surface area contributed by atoms with E-state index in [4.69, 9.17) is 9.73 Å². The molecule has 2 N–H and O–H groups in total. The van der Waals surface area contributed by atoms with Crippen LogP contribution in [0.2, 0.25) is 0 Å². The van der Waals surface area contributed by atoms with Crippen LogP contribution in [0.4, 0.5) is 0 Å². The van der Waals surface area contributed by atoms with Crippen LogP contribution in [0.15, 0.2) is 10.4 Å². The van der Waals surface area contributed by atoms with Gasteiger partial charge in [-0.05, 0) is 33.1 Å². The van der Waals surface area contributed by atoms with Crippen molar-refractivity contribution in [1.29, 1.82) is 0 Å². The minimum atomic E-state index is 0. The van der Waals surface area contributed by atoms with E-state index >= 15 is 0 Å². The molecule has 2 saturated carbocycles. The molecule has 5 nitrogen and oxygen atoms in total. The van der Waals surface area contributed by atoms with Crippen LogP contribution < -0.4 is 10.6 Å². The number of aliphatic imine (C=N–C) groups is 1. The third kappa shape index (κ3) is 4.52. The quantitative estimate of drug-likeness (QED) is 0.339. The topological polar surface area (TPSA) is 58.5 Å². The molecule has 1 aromatic heterocycles. The Bertz CT molecular complexity index is 600. The largest absolute Gasteiger partial charge is 0.378 e. The smallest absolute Gasteiger partial charge is 0.191 e. The van der Waals surface area contributed by atoms with Gasteiger partial charge in [-0.2, -0.15) is 0 Å². The van der Waals surface area contributed by atoms with E-state index in [2.05, 4.69) is 48.7 Å². The lowest BCUT2D eigenvalue weighted by Crippen LogP contribution is -2.68. The van der Waals surface area contributed by atoms with Gasteiger partial charge in [0.2, 0.25) is 0 Å². The van der Waals surface area contributed by atoms with Crippen molar-refractivity contribution in [2.24, 2.45) is 10.4 Å². The van der Waals surface area contributed by atoms with E-state index < -0.39 is 0 Å². The Kier molecular flexibility index (Phi) is 8.15. The van der Waals surface area contributed by atoms with E-state index in [1.165, 1.54) is 24.3 Å². The summed E-state index contributed by atoms with van der Waals surface area (Å²) in [6.07, 6.45) is 5.40. The second-order valence-corrected chi connectivity index (χ2v) is 8.38. The van der Waals surface area contributed by atoms with Crippen LogP contribution in [-0.4, -0.2) is 36.2 Å². The normalized spacial score (nSPS) is 24.0. The second-order valence-electron chi connectivity index (χ2n) is 7.49. The van der Waals surface area contributed by atoms with Gasteiger partial charge in [0.25, 0.3) is 0 Å². The van der Waals surface area contributed by atoms with Gasteiger partial charge >= 0.3 is 0 Å². The lowest BCUT2D eigenvalue weighted by molar-refractivity contribution is -0.168. The average molecular weight is 492 g/mol. The lowest BCUT2D eigenvalue weighted by Gasteiger charge is -2.61. The van der Waals surface area contributed by atoms with Crippen LogP contribution in [0.5, 0.6) is 0 Å². The molecular formula is C19H33IN4OS. The number of hydrogen-bond acceptors (Lipinski definition) is 4. The van der Waals surface area contributed by atoms with Crippen LogP contribution in [0, 0.1) is 5.41 Å². The van der Waals surface area contributed by atoms with Crippen molar-refractivity contribution in [3.63, 3.8) is 0 Å². The van der Waals surface area contributed by atoms with E-state index in [-0.39, 0.29) is 24.0 Å². The standard InChI is InChI=1S/C19H32N4OS.HI/c1-5-20-18(21-11-14-12-25-17(22-14)13(3)4)23-15-10-16(24-6-2)19(15)8-7-9-19;/h12-13,15-16H,5-11H2,1-4H3,(H2,20,21,23);1H. The Morgan fingerprint density at radius 1 is 1.42 bits per heavy atom. The van der Waals surface area contributed by atoms with Gasteiger partial charge in [0.1, 0.15) is 0 Å². The minimum Gasteiger partial charge on any atom is -0.378 e. The monoisotopic (exact) mass is 492 g/mol. The number of thiazole rings is 1. The zero-order valence-electron chi connectivity index (χ0n) is 16.4. The molecule has 0 bridgehead atoms. The predicted octanol–water partition coefficient (Wildman–Crippen LogP) is 4.29. The zero-order chi connectivity index (χ0) is 17.9. The highest BCUT2D eigenvalue weighted by atomic mass is 127. The van der Waals surface area contributed by atoms with Crippen molar-refractivity contribution >= 4 is 41.3 Å². The molecule has 0 aromatic carbocycles. The number of aromatic nitrogens is 1. The fraction of sp³-hybridized carbons (Fsp3) is 0.789. The number of nitrogens with one attached hydrogen (secondary N) is 2. The van der Waals surface area contributed by atoms with Gasteiger partial charge in [-0.25, -0.2) is 9.98 Å². The molecule has 2 fully saturated rings. The van der Waals surface area contributed by atoms with Crippen molar-refractivity contribution in [3.8, 4) is 0 Å². The highest BCUT2D eigenvalue weighted by molar-refractivity contribution is 14.0. The fourth-order valence-corrected chi connectivity index (χ4v) is 4.77. The highest BCUT2D eigenvalue weighted by Crippen LogP contribution is 2.57. The SMILES string of the molecule is CCNC(=NCc1csc(C(C)C)n1)NC1CC(OCC)C12CCC2.I. The van der Waals surface area contributed by atoms with E-state index in [1.807, 2.05) is 0 Å². The van der Waals surface area contributed by atoms with E-state index in [9.17, 15) is 0 Å². The number of nitrogens with zero attached hydrogens (tertiary/aromatic N) is 2. The van der Waals surface area contributed by atoms with Crippen molar-refractivity contribution < 1.29 is 4.74 Å². The minimum absolute atomic E-state index is 0. The maximum absolute atomic E-state index is 5.95. The van der Waals surface area contributed by atoms with Gasteiger partial charge in [0.15, 0.2) is 5.96 Å². The molecular weight excluding hydrogens is 459 g/mol. The molecule has 0 aliphatic heterocycles. The first-order chi connectivity index (χ1) is 12.1. The molecule has 2 aliphatic rings. The van der Waals surface area contributed by atoms with E-state index in [0.717, 1.165) is 31.2 Å². The van der Waals surface area contributed by atoms with Gasteiger partial charge in [-0.1, -0.05) is 20.3 Å². The summed E-state index contributed by atoms with van der Waals surface area (Å²) in [5.41, 5.74) is 1.41. The predicted molar refractivity (Wildman–Crippen MR) is 120 cm³/mol. The molecule has 3 rings (SSSR count). The van der Waals surface area contributed by atoms with Gasteiger partial charge in [-0.15, -0.1) is 35.3 Å². The molecule has 7 heteroatoms. The molecule has 26 heavy (non-hydrogen) atoms. The summed E-state index contributed by atoms with van der Waals surface area (Å²) in [7, 11) is 0. The Morgan fingerprint density at radius 3 is 2.73 bits per heavy atom. The molecule has 148 valence electrons. The molecule has 0 radical (unpaired) electrons. The van der Waals surface area contributed by atoms with Crippen molar-refractivity contribution in [2.75, 3.05) is 13.2 Å². The first-order valence-corrected chi connectivity index (χ1v) is 10.6. The van der Waals surface area contributed by atoms with Crippen LogP contribution in [-0.2, 0) is 11.3 Å². The fourth-order valence-electron chi connectivity index (χ4n) is 3.95. The van der Waals surface area contributed by atoms with Crippen LogP contribution in [0.25, 0.3) is 0 Å². The van der Waals surface area contributed by atoms with Gasteiger partial charge < -0.3 is 15.4 Å². The summed E-state index contributed by atoms with van der Waals surface area (Å²) in [4.78, 5) is 9.45. The van der Waals surface area contributed by atoms with Crippen LogP contribution >= 0.6 is 35.3 Å². The van der Waals surface area contributed by atoms with Gasteiger partial charge in [0.05, 0.1) is 23.4 Å². The number of halogens is 1. The molecule has 0 amide bonds. The van der Waals surface area contributed by atoms with E-state index in [0.29, 0.717) is 30.0 Å². The van der Waals surface area contributed by atoms with Crippen molar-refractivity contribution in [2.45, 2.75) is 78.0 Å². The summed E-state index contributed by atoms with van der Waals surface area (Å²) in [6, 6.07) is 0.484. The summed E-state index contributed by atoms with van der Waals surface area (Å²) < 4.78 is 5.95. The molecule has 2 aliphatic carbocycles. The number of rotatable bonds is 7. The molecule has 1 heterocycles. The number of guanidine groups is 1. The van der Waals surface area contributed by atoms with Gasteiger partial charge in [0, 0.05) is 35.9 Å². The highest BCUT2D eigenvalue weighted by Gasteiger charge is 2.59. The third-order valence-electron chi connectivity index (χ3n) is 5.56. The number of ether oxygens (including phenoxy) is 1. The summed E-state index contributed by atoms with van der Waals surface area (Å²) >= 11 is 1.73. The molecule has 2 unspecified atom stereocenters. The van der Waals surface area contributed by atoms with Gasteiger partial charge in [-0.3, -0.25) is 0 Å². The van der Waals surface area contributed by atoms with Crippen LogP contribution in [0.3, 0.4) is 0 Å². The Morgan fingerprint density at radius 2 is 2.19 bits per heavy atom. The maximum Gasteiger partial charge on any atom is 0.191 e. The van der Waals surface area contributed by atoms with E-state index in [1.54, 1.807) is 11.3 Å². The summed E-state index contributed by atoms with van der Waals surface area (Å²) in [5, 5.41) is 10.4. The second kappa shape index (κ2) is 9.68. The average Bonchev–Trinajstić information content (AvgIpc) is 2.99. The van der Waals surface area contributed by atoms with Crippen LogP contribution in [0.1, 0.15) is 70.0 Å². The lowest BCUT2D eigenvalue weighted by atomic mass is 9.51. The maximum atomic E-state index is 5.95. The Labute approximate surface area is 178 Å². The third-order valence-corrected chi connectivity index (χ3v) is 6.75. The first-order valence-electron chi connectivity index (χ1n) is 9.69. The molecule has 1 spiro atoms.